The van der Waals surface area contributed by atoms with Crippen molar-refractivity contribution < 1.29 is 57.5 Å². The molecule has 0 fully saturated rings. The molecule has 74 heavy (non-hydrogen) atoms. The third kappa shape index (κ3) is 15.3. The Morgan fingerprint density at radius 3 is 1.54 bits per heavy atom. The van der Waals surface area contributed by atoms with Crippen LogP contribution in [0.4, 0.5) is 52.7 Å². The number of nitrogen functional groups attached to an aromatic ring is 1. The minimum atomic E-state index is -4.54. The number of carbonyl (C=O) groups excluding carboxylic acids is 1. The van der Waals surface area contributed by atoms with Crippen molar-refractivity contribution in [2.75, 3.05) is 24.3 Å². The number of halogens is 12. The van der Waals surface area contributed by atoms with Gasteiger partial charge in [0, 0.05) is 47.4 Å². The zero-order valence-electron chi connectivity index (χ0n) is 39.3. The Kier molecular flexibility index (Phi) is 19.8. The summed E-state index contributed by atoms with van der Waals surface area (Å²) >= 11 is 4.27. The number of pyridine rings is 4. The van der Waals surface area contributed by atoms with Crippen molar-refractivity contribution in [1.29, 1.82) is 0 Å². The third-order valence-electron chi connectivity index (χ3n) is 9.87. The van der Waals surface area contributed by atoms with Crippen molar-refractivity contribution in [2.45, 2.75) is 55.3 Å². The number of hydrogen-bond acceptors (Lipinski definition) is 12. The van der Waals surface area contributed by atoms with Gasteiger partial charge in [0.15, 0.2) is 11.6 Å². The highest BCUT2D eigenvalue weighted by Crippen LogP contribution is 2.37. The highest BCUT2D eigenvalue weighted by atomic mass is 32.2. The second-order valence-corrected chi connectivity index (χ2v) is 18.7. The zero-order valence-corrected chi connectivity index (χ0v) is 41.8. The fourth-order valence-corrected chi connectivity index (χ4v) is 8.57. The lowest BCUT2D eigenvalue weighted by molar-refractivity contribution is -0.138. The second-order valence-electron chi connectivity index (χ2n) is 14.8. The predicted octanol–water partition coefficient (Wildman–Crippen LogP) is 13.5. The van der Waals surface area contributed by atoms with Gasteiger partial charge in [0.2, 0.25) is 0 Å². The molecule has 0 spiro atoms. The zero-order chi connectivity index (χ0) is 54.6. The molecule has 7 rings (SSSR count). The molecule has 0 saturated heterocycles. The molecule has 3 N–H and O–H groups in total. The monoisotopic (exact) mass is 1100 g/mol. The molecule has 2 aromatic carbocycles. The number of aromatic nitrogens is 7. The Morgan fingerprint density at radius 2 is 1.05 bits per heavy atom. The first-order valence-electron chi connectivity index (χ1n) is 21.5. The van der Waals surface area contributed by atoms with E-state index < -0.39 is 52.9 Å². The van der Waals surface area contributed by atoms with Crippen LogP contribution in [0.1, 0.15) is 59.2 Å². The maximum Gasteiger partial charge on any atom is 0.416 e. The van der Waals surface area contributed by atoms with E-state index in [1.54, 1.807) is 38.4 Å². The number of alkyl halides is 12. The highest BCUT2D eigenvalue weighted by Gasteiger charge is 2.34. The lowest BCUT2D eigenvalue weighted by Gasteiger charge is -2.12. The summed E-state index contributed by atoms with van der Waals surface area (Å²) in [6, 6.07) is 19.8. The third-order valence-corrected chi connectivity index (χ3v) is 12.7. The van der Waals surface area contributed by atoms with Crippen LogP contribution in [0.2, 0.25) is 0 Å². The first kappa shape index (κ1) is 58.4. The molecular weight excluding hydrogens is 1060 g/mol. The molecule has 0 unspecified atom stereocenters. The quantitative estimate of drug-likeness (QED) is 0.0242. The van der Waals surface area contributed by atoms with Crippen LogP contribution in [0, 0.1) is 0 Å². The predicted molar refractivity (Wildman–Crippen MR) is 262 cm³/mol. The Bertz CT molecular complexity index is 3040. The van der Waals surface area contributed by atoms with E-state index in [0.29, 0.717) is 43.9 Å². The average Bonchev–Trinajstić information content (AvgIpc) is 3.75. The maximum atomic E-state index is 13.1. The molecule has 1 amide bonds. The first-order chi connectivity index (χ1) is 34.8. The number of amides is 1. The highest BCUT2D eigenvalue weighted by molar-refractivity contribution is 8.14. The standard InChI is InChI=1S/C23H17F6N5S.C15H14F3N3OS.C10H11F3N2S/c1-3-35-18-9-8-16(13-4-6-14(7-5-13)22(24,25)26)31-19(18)21-33-32-20(34(21)2)17-12-15(10-11-30-17)23(27,28)29;1-2-23-12-8-7-11(20-13(12)14(22)21-19)9-3-5-10(6-4-9)15(16,17)18;1-3-16-9(14-2)8-6-7(4-5-15-8)10(11,12)13/h4-12H,3H2,1-2H3;3-8H,2,19H2,1H3,(H,21,22);4-6H,3H2,1-2H3. The van der Waals surface area contributed by atoms with Crippen LogP contribution in [0.25, 0.3) is 45.6 Å². The van der Waals surface area contributed by atoms with Crippen LogP contribution in [-0.2, 0) is 31.8 Å². The Labute approximate surface area is 428 Å². The fraction of sp³-hybridized carbons (Fsp3) is 0.250. The minimum absolute atomic E-state index is 0.00957. The van der Waals surface area contributed by atoms with Crippen molar-refractivity contribution in [3.63, 3.8) is 0 Å². The van der Waals surface area contributed by atoms with Gasteiger partial charge in [0.25, 0.3) is 5.91 Å². The van der Waals surface area contributed by atoms with Gasteiger partial charge in [0.05, 0.1) is 39.3 Å². The molecule has 0 radical (unpaired) electrons. The molecule has 392 valence electrons. The summed E-state index contributed by atoms with van der Waals surface area (Å²) in [6.45, 7) is 5.77. The van der Waals surface area contributed by atoms with Crippen molar-refractivity contribution in [3.05, 3.63) is 143 Å². The van der Waals surface area contributed by atoms with Gasteiger partial charge in [-0.05, 0) is 90.1 Å². The van der Waals surface area contributed by atoms with E-state index in [0.717, 1.165) is 77.3 Å². The summed E-state index contributed by atoms with van der Waals surface area (Å²) in [6.07, 6.45) is -15.5. The molecule has 0 saturated carbocycles. The molecule has 0 aliphatic heterocycles. The number of benzene rings is 2. The van der Waals surface area contributed by atoms with E-state index >= 15 is 0 Å². The van der Waals surface area contributed by atoms with E-state index in [1.165, 1.54) is 64.1 Å². The lowest BCUT2D eigenvalue weighted by Crippen LogP contribution is -2.31. The van der Waals surface area contributed by atoms with Gasteiger partial charge in [-0.3, -0.25) is 25.2 Å². The summed E-state index contributed by atoms with van der Waals surface area (Å²) in [4.78, 5) is 33.9. The van der Waals surface area contributed by atoms with Crippen molar-refractivity contribution >= 4 is 46.2 Å². The largest absolute Gasteiger partial charge is 0.416 e. The molecule has 0 aliphatic rings. The fourth-order valence-electron chi connectivity index (χ4n) is 6.41. The number of aliphatic imine (C=N–C) groups is 1. The van der Waals surface area contributed by atoms with Gasteiger partial charge < -0.3 is 4.57 Å². The van der Waals surface area contributed by atoms with Gasteiger partial charge >= 0.3 is 24.7 Å². The normalized spacial score (nSPS) is 12.1. The summed E-state index contributed by atoms with van der Waals surface area (Å²) in [5.41, 5.74) is 1.53. The van der Waals surface area contributed by atoms with E-state index in [9.17, 15) is 57.5 Å². The molecule has 11 nitrogen and oxygen atoms in total. The molecule has 5 aromatic heterocycles. The van der Waals surface area contributed by atoms with E-state index in [2.05, 4.69) is 35.1 Å². The number of nitrogens with zero attached hydrogens (tertiary/aromatic N) is 8. The molecule has 0 aliphatic carbocycles. The summed E-state index contributed by atoms with van der Waals surface area (Å²) in [5.74, 6) is 7.18. The van der Waals surface area contributed by atoms with E-state index in [-0.39, 0.29) is 28.7 Å². The Balaban J connectivity index is 0.000000224. The Morgan fingerprint density at radius 1 is 0.581 bits per heavy atom. The summed E-state index contributed by atoms with van der Waals surface area (Å²) < 4.78 is 155. The van der Waals surface area contributed by atoms with E-state index in [4.69, 9.17) is 5.84 Å². The maximum absolute atomic E-state index is 13.1. The number of nitrogens with one attached hydrogen (secondary N) is 1. The van der Waals surface area contributed by atoms with Gasteiger partial charge in [-0.2, -0.15) is 52.7 Å². The minimum Gasteiger partial charge on any atom is -0.307 e. The summed E-state index contributed by atoms with van der Waals surface area (Å²) in [7, 11) is 3.12. The molecule has 0 atom stereocenters. The number of hydrogen-bond donors (Lipinski definition) is 2. The number of carbonyl (C=O) groups is 1. The van der Waals surface area contributed by atoms with Gasteiger partial charge in [0.1, 0.15) is 22.1 Å². The number of thioether (sulfide) groups is 3. The smallest absolute Gasteiger partial charge is 0.307 e. The van der Waals surface area contributed by atoms with E-state index in [1.807, 2.05) is 26.2 Å². The van der Waals surface area contributed by atoms with Gasteiger partial charge in [-0.1, -0.05) is 45.0 Å². The number of nitrogens with two attached hydrogens (primary N) is 1. The van der Waals surface area contributed by atoms with Crippen molar-refractivity contribution in [1.82, 2.24) is 40.1 Å². The van der Waals surface area contributed by atoms with Gasteiger partial charge in [-0.25, -0.2) is 15.8 Å². The molecule has 7 aromatic rings. The number of hydrazine groups is 1. The summed E-state index contributed by atoms with van der Waals surface area (Å²) in [5, 5.41) is 8.70. The average molecular weight is 1100 g/mol. The van der Waals surface area contributed by atoms with Crippen LogP contribution in [0.5, 0.6) is 0 Å². The van der Waals surface area contributed by atoms with Crippen molar-refractivity contribution in [3.8, 4) is 45.6 Å². The van der Waals surface area contributed by atoms with Crippen LogP contribution in [-0.4, -0.2) is 70.0 Å². The molecule has 26 heteroatoms. The molecule has 5 heterocycles. The van der Waals surface area contributed by atoms with Crippen LogP contribution < -0.4 is 11.3 Å². The second kappa shape index (κ2) is 25.1. The first-order valence-corrected chi connectivity index (χ1v) is 24.5. The van der Waals surface area contributed by atoms with Crippen molar-refractivity contribution in [2.24, 2.45) is 17.9 Å². The SMILES string of the molecule is CCSC(=NC)c1cc(C(F)(F)F)ccn1.CCSc1ccc(-c2ccc(C(F)(F)F)cc2)nc1-c1nnc(-c2cc(C(F)(F)F)ccn2)n1C.CCSc1ccc(-c2ccc(C(F)(F)F)cc2)nc1C(=O)NN. The van der Waals surface area contributed by atoms with Crippen LogP contribution in [0.15, 0.2) is 124 Å². The lowest BCUT2D eigenvalue weighted by atomic mass is 10.1. The Hall–Kier alpha value is -6.51. The topological polar surface area (TPSA) is 150 Å². The number of rotatable bonds is 11. The molecule has 0 bridgehead atoms. The van der Waals surface area contributed by atoms with Gasteiger partial charge in [-0.15, -0.1) is 45.5 Å². The van der Waals surface area contributed by atoms with Crippen LogP contribution >= 0.6 is 35.3 Å². The molecular formula is C48H42F12N10OS3. The van der Waals surface area contributed by atoms with Crippen LogP contribution in [0.3, 0.4) is 0 Å².